The lowest BCUT2D eigenvalue weighted by Gasteiger charge is -2.25. The number of para-hydroxylation sites is 3. The van der Waals surface area contributed by atoms with Crippen molar-refractivity contribution in [2.24, 2.45) is 0 Å². The molecule has 0 aliphatic carbocycles. The van der Waals surface area contributed by atoms with E-state index in [0.717, 1.165) is 17.1 Å². The van der Waals surface area contributed by atoms with E-state index in [1.54, 1.807) is 24.3 Å². The van der Waals surface area contributed by atoms with Crippen LogP contribution in [-0.4, -0.2) is 0 Å². The highest BCUT2D eigenvalue weighted by atomic mass is 15.1. The molecule has 1 nitrogen and oxygen atoms in total. The second-order valence-corrected chi connectivity index (χ2v) is 4.19. The number of nitrogens with zero attached hydrogens (tertiary/aromatic N) is 1. The van der Waals surface area contributed by atoms with E-state index in [4.69, 9.17) is 2.74 Å². The first-order valence-corrected chi connectivity index (χ1v) is 6.22. The Labute approximate surface area is 116 Å². The first kappa shape index (κ1) is 9.40. The molecule has 0 heterocycles. The van der Waals surface area contributed by atoms with E-state index >= 15 is 0 Å². The fraction of sp³-hybridized carbons (Fsp3) is 0. The lowest BCUT2D eigenvalue weighted by Crippen LogP contribution is -2.09. The van der Waals surface area contributed by atoms with Crippen LogP contribution in [0.3, 0.4) is 0 Å². The molecule has 0 bridgehead atoms. The summed E-state index contributed by atoms with van der Waals surface area (Å²) >= 11 is 0. The highest BCUT2D eigenvalue weighted by molar-refractivity contribution is 5.76. The molecule has 19 heavy (non-hydrogen) atoms. The van der Waals surface area contributed by atoms with Crippen molar-refractivity contribution in [1.82, 2.24) is 0 Å². The number of rotatable bonds is 3. The fourth-order valence-corrected chi connectivity index (χ4v) is 2.08. The highest BCUT2D eigenvalue weighted by Crippen LogP contribution is 2.33. The van der Waals surface area contributed by atoms with E-state index in [-0.39, 0.29) is 0 Å². The number of anilines is 3. The molecule has 3 aromatic carbocycles. The maximum Gasteiger partial charge on any atom is 0.0623 e. The van der Waals surface area contributed by atoms with Crippen LogP contribution in [0.2, 0.25) is 0 Å². The van der Waals surface area contributed by atoms with Gasteiger partial charge in [0, 0.05) is 17.1 Å². The van der Waals surface area contributed by atoms with Gasteiger partial charge in [0.1, 0.15) is 0 Å². The van der Waals surface area contributed by atoms with Crippen LogP contribution in [0.5, 0.6) is 0 Å². The Morgan fingerprint density at radius 2 is 0.895 bits per heavy atom. The maximum absolute atomic E-state index is 7.63. The Morgan fingerprint density at radius 1 is 0.526 bits per heavy atom. The number of hydrogen-bond donors (Lipinski definition) is 0. The van der Waals surface area contributed by atoms with Crippen LogP contribution in [0.1, 0.15) is 2.74 Å². The first-order valence-electron chi connectivity index (χ1n) is 7.22. The van der Waals surface area contributed by atoms with E-state index in [0.29, 0.717) is 12.1 Å². The molecule has 0 amide bonds. The van der Waals surface area contributed by atoms with E-state index in [9.17, 15) is 0 Å². The van der Waals surface area contributed by atoms with Crippen LogP contribution in [0.15, 0.2) is 90.9 Å². The Bertz CT molecular complexity index is 661. The largest absolute Gasteiger partial charge is 0.311 e. The van der Waals surface area contributed by atoms with Gasteiger partial charge in [-0.05, 0) is 36.4 Å². The molecule has 0 atom stereocenters. The summed E-state index contributed by atoms with van der Waals surface area (Å²) in [7, 11) is 0. The molecule has 0 aromatic heterocycles. The summed E-state index contributed by atoms with van der Waals surface area (Å²) in [6, 6.07) is 25.9. The van der Waals surface area contributed by atoms with E-state index in [1.807, 2.05) is 54.6 Å². The second kappa shape index (κ2) is 5.40. The highest BCUT2D eigenvalue weighted by Gasteiger charge is 2.10. The summed E-state index contributed by atoms with van der Waals surface area (Å²) in [5.74, 6) is 0. The Kier molecular flexibility index (Phi) is 2.67. The van der Waals surface area contributed by atoms with E-state index in [2.05, 4.69) is 4.90 Å². The van der Waals surface area contributed by atoms with Gasteiger partial charge in [-0.3, -0.25) is 0 Å². The van der Waals surface area contributed by atoms with Crippen LogP contribution < -0.4 is 4.90 Å². The van der Waals surface area contributed by atoms with Crippen LogP contribution in [0, 0.1) is 0 Å². The molecular formula is C18H15N. The summed E-state index contributed by atoms with van der Waals surface area (Å²) in [5, 5.41) is 0. The minimum absolute atomic E-state index is 0.494. The molecular weight excluding hydrogens is 230 g/mol. The van der Waals surface area contributed by atoms with Gasteiger partial charge < -0.3 is 4.90 Å². The van der Waals surface area contributed by atoms with Crippen molar-refractivity contribution >= 4 is 17.1 Å². The molecule has 0 saturated heterocycles. The third kappa shape index (κ3) is 2.50. The zero-order valence-corrected chi connectivity index (χ0v) is 10.5. The van der Waals surface area contributed by atoms with Crippen molar-refractivity contribution in [3.8, 4) is 0 Å². The van der Waals surface area contributed by atoms with E-state index < -0.39 is 0 Å². The lowest BCUT2D eigenvalue weighted by molar-refractivity contribution is 1.28. The minimum Gasteiger partial charge on any atom is -0.311 e. The van der Waals surface area contributed by atoms with Gasteiger partial charge in [0.05, 0.1) is 2.74 Å². The molecule has 3 rings (SSSR count). The predicted molar refractivity (Wildman–Crippen MR) is 81.1 cm³/mol. The molecule has 0 saturated carbocycles. The van der Waals surface area contributed by atoms with Crippen LogP contribution in [0.4, 0.5) is 17.1 Å². The van der Waals surface area contributed by atoms with Crippen LogP contribution in [0.25, 0.3) is 0 Å². The van der Waals surface area contributed by atoms with Gasteiger partial charge in [0.25, 0.3) is 0 Å². The quantitative estimate of drug-likeness (QED) is 0.620. The molecule has 3 aromatic rings. The molecule has 92 valence electrons. The van der Waals surface area contributed by atoms with Gasteiger partial charge in [0.15, 0.2) is 0 Å². The number of hydrogen-bond acceptors (Lipinski definition) is 1. The molecule has 0 N–H and O–H groups in total. The Hall–Kier alpha value is -2.54. The zero-order valence-electron chi connectivity index (χ0n) is 12.5. The van der Waals surface area contributed by atoms with Gasteiger partial charge in [-0.25, -0.2) is 0 Å². The third-order valence-corrected chi connectivity index (χ3v) is 2.93. The topological polar surface area (TPSA) is 3.24 Å². The molecule has 0 radical (unpaired) electrons. The zero-order chi connectivity index (χ0) is 14.7. The first-order chi connectivity index (χ1) is 10.2. The minimum atomic E-state index is 0.494. The third-order valence-electron chi connectivity index (χ3n) is 2.93. The molecule has 0 aliphatic heterocycles. The van der Waals surface area contributed by atoms with Crippen LogP contribution >= 0.6 is 0 Å². The second-order valence-electron chi connectivity index (χ2n) is 4.19. The normalized spacial score (nSPS) is 11.6. The monoisotopic (exact) mass is 249 g/mol. The van der Waals surface area contributed by atoms with Crippen molar-refractivity contribution in [3.63, 3.8) is 0 Å². The van der Waals surface area contributed by atoms with Crippen molar-refractivity contribution in [2.75, 3.05) is 4.90 Å². The summed E-state index contributed by atoms with van der Waals surface area (Å²) in [4.78, 5) is 2.11. The van der Waals surface area contributed by atoms with Crippen molar-refractivity contribution < 1.29 is 2.74 Å². The summed E-state index contributed by atoms with van der Waals surface area (Å²) in [6.07, 6.45) is 0. The smallest absolute Gasteiger partial charge is 0.0623 e. The summed E-state index contributed by atoms with van der Waals surface area (Å²) < 4.78 is 15.3. The van der Waals surface area contributed by atoms with Crippen molar-refractivity contribution in [3.05, 3.63) is 90.9 Å². The predicted octanol–water partition coefficient (Wildman–Crippen LogP) is 5.16. The van der Waals surface area contributed by atoms with Gasteiger partial charge in [-0.1, -0.05) is 54.5 Å². The molecule has 0 unspecified atom stereocenters. The Morgan fingerprint density at radius 3 is 1.32 bits per heavy atom. The molecule has 0 aliphatic rings. The van der Waals surface area contributed by atoms with Gasteiger partial charge in [-0.2, -0.15) is 0 Å². The SMILES string of the molecule is [3H]c1ccc(N(c2ccccc2)c2ccc([3H])cc2)cc1. The standard InChI is InChI=1S/C18H15N/c1-4-10-16(11-5-1)19(17-12-6-2-7-13-17)18-14-8-3-9-15-18/h1-15H/i1T,2T. The van der Waals surface area contributed by atoms with Gasteiger partial charge in [-0.15, -0.1) is 0 Å². The van der Waals surface area contributed by atoms with E-state index in [1.165, 1.54) is 0 Å². The lowest BCUT2D eigenvalue weighted by atomic mass is 10.2. The van der Waals surface area contributed by atoms with Crippen molar-refractivity contribution in [2.45, 2.75) is 0 Å². The average molecular weight is 249 g/mol. The molecule has 0 spiro atoms. The van der Waals surface area contributed by atoms with Gasteiger partial charge in [0.2, 0.25) is 0 Å². The summed E-state index contributed by atoms with van der Waals surface area (Å²) in [5.41, 5.74) is 3.04. The van der Waals surface area contributed by atoms with Crippen LogP contribution in [-0.2, 0) is 0 Å². The van der Waals surface area contributed by atoms with Crippen molar-refractivity contribution in [1.29, 1.82) is 0 Å². The maximum atomic E-state index is 7.63. The average Bonchev–Trinajstić information content (AvgIpc) is 2.52. The Balaban J connectivity index is 2.11. The molecule has 0 fully saturated rings. The fourth-order valence-electron chi connectivity index (χ4n) is 2.08. The molecule has 1 heteroatoms. The summed E-state index contributed by atoms with van der Waals surface area (Å²) in [6.45, 7) is 0. The number of benzene rings is 3. The van der Waals surface area contributed by atoms with Gasteiger partial charge >= 0.3 is 0 Å².